The number of benzene rings is 1. The van der Waals surface area contributed by atoms with Crippen LogP contribution in [0.1, 0.15) is 28.2 Å². The second kappa shape index (κ2) is 8.25. The number of amides is 1. The number of morpholine rings is 1. The van der Waals surface area contributed by atoms with Gasteiger partial charge in [0.05, 0.1) is 24.8 Å². The molecule has 0 saturated carbocycles. The Hall–Kier alpha value is -2.15. The van der Waals surface area contributed by atoms with Gasteiger partial charge in [-0.05, 0) is 24.4 Å². The van der Waals surface area contributed by atoms with Gasteiger partial charge in [-0.2, -0.15) is 0 Å². The molecule has 0 radical (unpaired) electrons. The molecule has 1 saturated heterocycles. The molecule has 0 bridgehead atoms. The van der Waals surface area contributed by atoms with Gasteiger partial charge in [-0.3, -0.25) is 9.69 Å². The number of rotatable bonds is 6. The summed E-state index contributed by atoms with van der Waals surface area (Å²) in [5.74, 6) is -0.00628. The minimum atomic E-state index is -0.00628. The average molecular weight is 384 g/mol. The molecule has 3 aromatic rings. The first kappa shape index (κ1) is 18.2. The molecule has 142 valence electrons. The van der Waals surface area contributed by atoms with Gasteiger partial charge in [-0.1, -0.05) is 24.3 Å². The quantitative estimate of drug-likeness (QED) is 0.708. The van der Waals surface area contributed by atoms with Crippen molar-refractivity contribution in [3.63, 3.8) is 0 Å². The van der Waals surface area contributed by atoms with Gasteiger partial charge in [0.15, 0.2) is 0 Å². The molecule has 5 nitrogen and oxygen atoms in total. The second-order valence-electron chi connectivity index (χ2n) is 6.74. The number of hydrogen-bond donors (Lipinski definition) is 1. The summed E-state index contributed by atoms with van der Waals surface area (Å²) < 4.78 is 7.63. The van der Waals surface area contributed by atoms with Gasteiger partial charge < -0.3 is 14.6 Å². The molecule has 0 aliphatic carbocycles. The largest absolute Gasteiger partial charge is 0.379 e. The van der Waals surface area contributed by atoms with Crippen LogP contribution in [-0.4, -0.2) is 48.2 Å². The Balaban J connectivity index is 1.53. The van der Waals surface area contributed by atoms with E-state index in [9.17, 15) is 4.79 Å². The number of nitrogens with zero attached hydrogens (tertiary/aromatic N) is 2. The van der Waals surface area contributed by atoms with Crippen molar-refractivity contribution < 1.29 is 9.53 Å². The van der Waals surface area contributed by atoms with E-state index in [1.54, 1.807) is 11.3 Å². The Labute approximate surface area is 163 Å². The third-order valence-corrected chi connectivity index (χ3v) is 6.16. The zero-order valence-electron chi connectivity index (χ0n) is 15.6. The number of aryl methyl sites for hydroxylation is 1. The topological polar surface area (TPSA) is 46.5 Å². The molecule has 0 spiro atoms. The molecule has 0 unspecified atom stereocenters. The van der Waals surface area contributed by atoms with Crippen molar-refractivity contribution in [3.8, 4) is 0 Å². The van der Waals surface area contributed by atoms with Gasteiger partial charge >= 0.3 is 0 Å². The highest BCUT2D eigenvalue weighted by molar-refractivity contribution is 7.10. The Bertz CT molecular complexity index is 897. The monoisotopic (exact) mass is 383 g/mol. The molecule has 1 aliphatic rings. The molecular formula is C21H25N3O2S. The van der Waals surface area contributed by atoms with E-state index in [2.05, 4.69) is 45.3 Å². The van der Waals surface area contributed by atoms with Crippen molar-refractivity contribution in [1.82, 2.24) is 14.8 Å². The molecule has 1 atom stereocenters. The van der Waals surface area contributed by atoms with Crippen LogP contribution in [0.3, 0.4) is 0 Å². The highest BCUT2D eigenvalue weighted by Crippen LogP contribution is 2.26. The number of carbonyl (C=O) groups is 1. The summed E-state index contributed by atoms with van der Waals surface area (Å²) in [5.41, 5.74) is 1.85. The van der Waals surface area contributed by atoms with E-state index < -0.39 is 0 Å². The lowest BCUT2D eigenvalue weighted by Gasteiger charge is -2.34. The molecule has 27 heavy (non-hydrogen) atoms. The summed E-state index contributed by atoms with van der Waals surface area (Å²) in [6, 6.07) is 12.5. The number of fused-ring (bicyclic) bond motifs is 1. The van der Waals surface area contributed by atoms with Crippen LogP contribution < -0.4 is 5.32 Å². The van der Waals surface area contributed by atoms with Gasteiger partial charge in [0.1, 0.15) is 0 Å². The molecule has 1 aliphatic heterocycles. The van der Waals surface area contributed by atoms with Gasteiger partial charge in [0.25, 0.3) is 5.91 Å². The van der Waals surface area contributed by atoms with Crippen molar-refractivity contribution in [1.29, 1.82) is 0 Å². The summed E-state index contributed by atoms with van der Waals surface area (Å²) in [6.07, 6.45) is 1.97. The van der Waals surface area contributed by atoms with E-state index in [0.29, 0.717) is 6.54 Å². The lowest BCUT2D eigenvalue weighted by molar-refractivity contribution is 0.0169. The Kier molecular flexibility index (Phi) is 5.57. The van der Waals surface area contributed by atoms with Crippen LogP contribution in [0.25, 0.3) is 10.9 Å². The third-order valence-electron chi connectivity index (χ3n) is 5.19. The first-order valence-electron chi connectivity index (χ1n) is 9.49. The number of para-hydroxylation sites is 1. The SMILES string of the molecule is CCn1cc(C(=O)NC[C@H](c2cccs2)N2CCOCC2)c2ccccc21. The van der Waals surface area contributed by atoms with Crippen LogP contribution >= 0.6 is 11.3 Å². The van der Waals surface area contributed by atoms with Gasteiger partial charge in [0.2, 0.25) is 0 Å². The number of hydrogen-bond acceptors (Lipinski definition) is 4. The maximum absolute atomic E-state index is 13.0. The highest BCUT2D eigenvalue weighted by Gasteiger charge is 2.24. The van der Waals surface area contributed by atoms with Crippen LogP contribution in [0.2, 0.25) is 0 Å². The standard InChI is InChI=1S/C21H25N3O2S/c1-2-23-15-17(16-6-3-4-7-18(16)23)21(25)22-14-19(20-8-5-13-27-20)24-9-11-26-12-10-24/h3-8,13,15,19H,2,9-12,14H2,1H3,(H,22,25)/t19-/m1/s1. The van der Waals surface area contributed by atoms with Crippen molar-refractivity contribution in [2.24, 2.45) is 0 Å². The third kappa shape index (κ3) is 3.78. The van der Waals surface area contributed by atoms with E-state index in [0.717, 1.165) is 49.3 Å². The average Bonchev–Trinajstić information content (AvgIpc) is 3.37. The fourth-order valence-corrected chi connectivity index (χ4v) is 4.61. The number of ether oxygens (including phenoxy) is 1. The van der Waals surface area contributed by atoms with Crippen molar-refractivity contribution in [3.05, 3.63) is 58.4 Å². The molecule has 1 aromatic carbocycles. The van der Waals surface area contributed by atoms with Crippen LogP contribution in [0.5, 0.6) is 0 Å². The zero-order chi connectivity index (χ0) is 18.6. The highest BCUT2D eigenvalue weighted by atomic mass is 32.1. The van der Waals surface area contributed by atoms with Crippen molar-refractivity contribution in [2.75, 3.05) is 32.8 Å². The number of thiophene rings is 1. The molecule has 1 N–H and O–H groups in total. The molecule has 1 amide bonds. The second-order valence-corrected chi connectivity index (χ2v) is 7.71. The van der Waals surface area contributed by atoms with Crippen LogP contribution in [-0.2, 0) is 11.3 Å². The fourth-order valence-electron chi connectivity index (χ4n) is 3.75. The molecular weight excluding hydrogens is 358 g/mol. The van der Waals surface area contributed by atoms with Gasteiger partial charge in [0, 0.05) is 48.2 Å². The summed E-state index contributed by atoms with van der Waals surface area (Å²) >= 11 is 1.74. The summed E-state index contributed by atoms with van der Waals surface area (Å²) in [7, 11) is 0. The van der Waals surface area contributed by atoms with Crippen LogP contribution in [0.15, 0.2) is 48.0 Å². The molecule has 3 heterocycles. The normalized spacial score (nSPS) is 16.5. The van der Waals surface area contributed by atoms with Crippen molar-refractivity contribution >= 4 is 28.1 Å². The zero-order valence-corrected chi connectivity index (χ0v) is 16.4. The molecule has 2 aromatic heterocycles. The lowest BCUT2D eigenvalue weighted by Crippen LogP contribution is -2.43. The maximum Gasteiger partial charge on any atom is 0.253 e. The summed E-state index contributed by atoms with van der Waals surface area (Å²) in [5, 5.41) is 6.29. The van der Waals surface area contributed by atoms with E-state index in [1.165, 1.54) is 4.88 Å². The Morgan fingerprint density at radius 2 is 2.04 bits per heavy atom. The number of carbonyl (C=O) groups excluding carboxylic acids is 1. The van der Waals surface area contributed by atoms with Crippen LogP contribution in [0.4, 0.5) is 0 Å². The van der Waals surface area contributed by atoms with Gasteiger partial charge in [-0.15, -0.1) is 11.3 Å². The van der Waals surface area contributed by atoms with E-state index in [1.807, 2.05) is 24.4 Å². The maximum atomic E-state index is 13.0. The van der Waals surface area contributed by atoms with Crippen molar-refractivity contribution in [2.45, 2.75) is 19.5 Å². The number of nitrogens with one attached hydrogen (secondary N) is 1. The first-order chi connectivity index (χ1) is 13.3. The van der Waals surface area contributed by atoms with E-state index in [-0.39, 0.29) is 11.9 Å². The Morgan fingerprint density at radius 3 is 2.78 bits per heavy atom. The predicted molar refractivity (Wildman–Crippen MR) is 109 cm³/mol. The first-order valence-corrected chi connectivity index (χ1v) is 10.4. The van der Waals surface area contributed by atoms with Crippen LogP contribution in [0, 0.1) is 0 Å². The summed E-state index contributed by atoms with van der Waals surface area (Å²) in [6.45, 7) is 6.84. The summed E-state index contributed by atoms with van der Waals surface area (Å²) in [4.78, 5) is 16.7. The lowest BCUT2D eigenvalue weighted by atomic mass is 10.1. The van der Waals surface area contributed by atoms with Gasteiger partial charge in [-0.25, -0.2) is 0 Å². The molecule has 4 rings (SSSR count). The smallest absolute Gasteiger partial charge is 0.253 e. The van der Waals surface area contributed by atoms with E-state index in [4.69, 9.17) is 4.74 Å². The molecule has 6 heteroatoms. The minimum absolute atomic E-state index is 0.00628. The predicted octanol–water partition coefficient (Wildman–Crippen LogP) is 3.53. The minimum Gasteiger partial charge on any atom is -0.379 e. The number of aromatic nitrogens is 1. The fraction of sp³-hybridized carbons (Fsp3) is 0.381. The molecule has 1 fully saturated rings. The van der Waals surface area contributed by atoms with E-state index >= 15 is 0 Å². The Morgan fingerprint density at radius 1 is 1.22 bits per heavy atom.